The Kier molecular flexibility index (Phi) is 4.57. The Morgan fingerprint density at radius 3 is 3.00 bits per heavy atom. The van der Waals surface area contributed by atoms with E-state index in [2.05, 4.69) is 26.3 Å². The second-order valence-electron chi connectivity index (χ2n) is 3.95. The van der Waals surface area contributed by atoms with E-state index in [9.17, 15) is 0 Å². The summed E-state index contributed by atoms with van der Waals surface area (Å²) in [6, 6.07) is 3.78. The number of ether oxygens (including phenoxy) is 1. The monoisotopic (exact) mass is 313 g/mol. The molecule has 2 heterocycles. The first kappa shape index (κ1) is 13.3. The Balaban J connectivity index is 2.10. The smallest absolute Gasteiger partial charge is 0.169 e. The van der Waals surface area contributed by atoms with E-state index in [1.807, 2.05) is 25.4 Å². The molecule has 0 spiro atoms. The van der Waals surface area contributed by atoms with Crippen molar-refractivity contribution in [3.63, 3.8) is 0 Å². The van der Waals surface area contributed by atoms with Crippen LogP contribution < -0.4 is 5.32 Å². The summed E-state index contributed by atoms with van der Waals surface area (Å²) < 4.78 is 13.0. The molecule has 0 aromatic carbocycles. The number of aryl methyl sites for hydroxylation is 1. The summed E-state index contributed by atoms with van der Waals surface area (Å²) in [6.45, 7) is 2.25. The van der Waals surface area contributed by atoms with Crippen molar-refractivity contribution < 1.29 is 9.15 Å². The van der Waals surface area contributed by atoms with Gasteiger partial charge in [0.1, 0.15) is 5.69 Å². The van der Waals surface area contributed by atoms with Crippen molar-refractivity contribution in [3.05, 3.63) is 28.6 Å². The lowest BCUT2D eigenvalue weighted by Gasteiger charge is -2.03. The minimum Gasteiger partial charge on any atom is -0.448 e. The molecule has 0 fully saturated rings. The highest BCUT2D eigenvalue weighted by Crippen LogP contribution is 2.26. The van der Waals surface area contributed by atoms with Crippen LogP contribution in [0, 0.1) is 0 Å². The number of halogens is 1. The lowest BCUT2D eigenvalue weighted by atomic mass is 10.2. The van der Waals surface area contributed by atoms with Gasteiger partial charge in [-0.2, -0.15) is 5.10 Å². The standard InChI is InChI=1S/C12H16BrN3O2/c1-16-8-9(7-14-5-6-17-2)12(15-16)10-3-4-11(13)18-10/h3-4,8,14H,5-7H2,1-2H3. The molecular formula is C12H16BrN3O2. The van der Waals surface area contributed by atoms with E-state index in [0.717, 1.165) is 30.1 Å². The summed E-state index contributed by atoms with van der Waals surface area (Å²) in [6.07, 6.45) is 1.99. The van der Waals surface area contributed by atoms with E-state index >= 15 is 0 Å². The molecule has 0 atom stereocenters. The molecule has 2 rings (SSSR count). The highest BCUT2D eigenvalue weighted by molar-refractivity contribution is 9.10. The highest BCUT2D eigenvalue weighted by Gasteiger charge is 2.13. The number of hydrogen-bond acceptors (Lipinski definition) is 4. The van der Waals surface area contributed by atoms with Crippen LogP contribution in [0.25, 0.3) is 11.5 Å². The van der Waals surface area contributed by atoms with Gasteiger partial charge in [0.05, 0.1) is 6.61 Å². The van der Waals surface area contributed by atoms with E-state index < -0.39 is 0 Å². The van der Waals surface area contributed by atoms with Crippen molar-refractivity contribution in [2.45, 2.75) is 6.54 Å². The van der Waals surface area contributed by atoms with Crippen LogP contribution in [0.2, 0.25) is 0 Å². The fourth-order valence-corrected chi connectivity index (χ4v) is 2.02. The van der Waals surface area contributed by atoms with E-state index in [0.29, 0.717) is 11.3 Å². The van der Waals surface area contributed by atoms with Crippen LogP contribution in [0.3, 0.4) is 0 Å². The zero-order chi connectivity index (χ0) is 13.0. The molecular weight excluding hydrogens is 298 g/mol. The van der Waals surface area contributed by atoms with E-state index in [1.165, 1.54) is 0 Å². The third-order valence-corrected chi connectivity index (χ3v) is 2.94. The molecule has 98 valence electrons. The maximum absolute atomic E-state index is 5.54. The third-order valence-electron chi connectivity index (χ3n) is 2.51. The molecule has 2 aromatic rings. The highest BCUT2D eigenvalue weighted by atomic mass is 79.9. The first-order chi connectivity index (χ1) is 8.70. The number of rotatable bonds is 6. The molecule has 0 aliphatic carbocycles. The number of nitrogens with one attached hydrogen (secondary N) is 1. The molecule has 18 heavy (non-hydrogen) atoms. The van der Waals surface area contributed by atoms with Gasteiger partial charge >= 0.3 is 0 Å². The van der Waals surface area contributed by atoms with Crippen molar-refractivity contribution in [3.8, 4) is 11.5 Å². The SMILES string of the molecule is COCCNCc1cn(C)nc1-c1ccc(Br)o1. The van der Waals surface area contributed by atoms with Crippen LogP contribution in [0.15, 0.2) is 27.4 Å². The van der Waals surface area contributed by atoms with Crippen molar-refractivity contribution in [1.29, 1.82) is 0 Å². The first-order valence-corrected chi connectivity index (χ1v) is 6.48. The quantitative estimate of drug-likeness (QED) is 0.831. The van der Waals surface area contributed by atoms with Crippen LogP contribution in [-0.2, 0) is 18.3 Å². The summed E-state index contributed by atoms with van der Waals surface area (Å²) in [4.78, 5) is 0. The van der Waals surface area contributed by atoms with Crippen molar-refractivity contribution in [2.24, 2.45) is 7.05 Å². The van der Waals surface area contributed by atoms with Gasteiger partial charge in [0, 0.05) is 39.0 Å². The lowest BCUT2D eigenvalue weighted by molar-refractivity contribution is 0.199. The number of nitrogens with zero attached hydrogens (tertiary/aromatic N) is 2. The fourth-order valence-electron chi connectivity index (χ4n) is 1.71. The van der Waals surface area contributed by atoms with Crippen LogP contribution in [0.1, 0.15) is 5.56 Å². The summed E-state index contributed by atoms with van der Waals surface area (Å²) >= 11 is 3.30. The lowest BCUT2D eigenvalue weighted by Crippen LogP contribution is -2.18. The van der Waals surface area contributed by atoms with Crippen LogP contribution in [-0.4, -0.2) is 30.0 Å². The Bertz CT molecular complexity index is 507. The minimum absolute atomic E-state index is 0.696. The Hall–Kier alpha value is -1.11. The Morgan fingerprint density at radius 2 is 2.33 bits per heavy atom. The third kappa shape index (κ3) is 3.22. The van der Waals surface area contributed by atoms with Crippen LogP contribution in [0.4, 0.5) is 0 Å². The Morgan fingerprint density at radius 1 is 1.50 bits per heavy atom. The topological polar surface area (TPSA) is 52.2 Å². The zero-order valence-corrected chi connectivity index (χ0v) is 12.0. The van der Waals surface area contributed by atoms with Gasteiger partial charge in [-0.05, 0) is 28.1 Å². The average molecular weight is 314 g/mol. The molecule has 0 aliphatic rings. The molecule has 0 saturated heterocycles. The molecule has 1 N–H and O–H groups in total. The summed E-state index contributed by atoms with van der Waals surface area (Å²) in [7, 11) is 3.59. The average Bonchev–Trinajstić information content (AvgIpc) is 2.91. The summed E-state index contributed by atoms with van der Waals surface area (Å²) in [5.41, 5.74) is 1.98. The van der Waals surface area contributed by atoms with Gasteiger partial charge in [0.25, 0.3) is 0 Å². The van der Waals surface area contributed by atoms with Gasteiger partial charge in [0.2, 0.25) is 0 Å². The minimum atomic E-state index is 0.696. The van der Waals surface area contributed by atoms with Gasteiger partial charge in [-0.15, -0.1) is 0 Å². The zero-order valence-electron chi connectivity index (χ0n) is 10.4. The van der Waals surface area contributed by atoms with E-state index in [1.54, 1.807) is 11.8 Å². The predicted molar refractivity (Wildman–Crippen MR) is 72.2 cm³/mol. The van der Waals surface area contributed by atoms with Crippen molar-refractivity contribution in [2.75, 3.05) is 20.3 Å². The molecule has 6 heteroatoms. The molecule has 0 radical (unpaired) electrons. The normalized spacial score (nSPS) is 11.1. The number of furan rings is 1. The number of methoxy groups -OCH3 is 1. The molecule has 5 nitrogen and oxygen atoms in total. The largest absolute Gasteiger partial charge is 0.448 e. The molecule has 0 saturated carbocycles. The van der Waals surface area contributed by atoms with Gasteiger partial charge in [-0.1, -0.05) is 0 Å². The summed E-state index contributed by atoms with van der Waals surface area (Å²) in [5.74, 6) is 0.769. The molecule has 0 amide bonds. The van der Waals surface area contributed by atoms with E-state index in [4.69, 9.17) is 9.15 Å². The molecule has 0 aliphatic heterocycles. The molecule has 2 aromatic heterocycles. The first-order valence-electron chi connectivity index (χ1n) is 5.68. The number of aromatic nitrogens is 2. The van der Waals surface area contributed by atoms with Crippen LogP contribution in [0.5, 0.6) is 0 Å². The second-order valence-corrected chi connectivity index (χ2v) is 4.73. The maximum atomic E-state index is 5.54. The second kappa shape index (κ2) is 6.17. The van der Waals surface area contributed by atoms with E-state index in [-0.39, 0.29) is 0 Å². The molecule has 0 bridgehead atoms. The summed E-state index contributed by atoms with van der Waals surface area (Å²) in [5, 5.41) is 7.73. The fraction of sp³-hybridized carbons (Fsp3) is 0.417. The van der Waals surface area contributed by atoms with Crippen molar-refractivity contribution in [1.82, 2.24) is 15.1 Å². The maximum Gasteiger partial charge on any atom is 0.169 e. The predicted octanol–water partition coefficient (Wildman–Crippen LogP) is 2.18. The van der Waals surface area contributed by atoms with Gasteiger partial charge in [-0.3, -0.25) is 4.68 Å². The van der Waals surface area contributed by atoms with Gasteiger partial charge < -0.3 is 14.5 Å². The van der Waals surface area contributed by atoms with Crippen LogP contribution >= 0.6 is 15.9 Å². The van der Waals surface area contributed by atoms with Gasteiger partial charge in [-0.25, -0.2) is 0 Å². The van der Waals surface area contributed by atoms with Gasteiger partial charge in [0.15, 0.2) is 10.4 Å². The van der Waals surface area contributed by atoms with Crippen molar-refractivity contribution >= 4 is 15.9 Å². The number of hydrogen-bond donors (Lipinski definition) is 1. The Labute approximate surface area is 114 Å². The molecule has 0 unspecified atom stereocenters.